The van der Waals surface area contributed by atoms with E-state index in [1.54, 1.807) is 48.5 Å². The first kappa shape index (κ1) is 34.5. The molecule has 0 radical (unpaired) electrons. The number of nitrogens with zero attached hydrogens (tertiary/aromatic N) is 2. The molecule has 2 amide bonds. The third-order valence-electron chi connectivity index (χ3n) is 6.86. The van der Waals surface area contributed by atoms with Crippen LogP contribution in [-0.4, -0.2) is 65.1 Å². The van der Waals surface area contributed by atoms with Gasteiger partial charge in [0.25, 0.3) is 10.0 Å². The molecule has 1 atom stereocenters. The Labute approximate surface area is 264 Å². The maximum absolute atomic E-state index is 14.2. The Bertz CT molecular complexity index is 1500. The summed E-state index contributed by atoms with van der Waals surface area (Å²) in [6.45, 7) is 5.97. The molecule has 0 aliphatic heterocycles. The number of benzene rings is 3. The largest absolute Gasteiger partial charge is 0.494 e. The number of nitrogens with one attached hydrogen (secondary N) is 1. The van der Waals surface area contributed by atoms with E-state index >= 15 is 0 Å². The number of methoxy groups -OCH3 is 2. The lowest BCUT2D eigenvalue weighted by molar-refractivity contribution is -0.140. The first-order valence-corrected chi connectivity index (χ1v) is 16.2. The van der Waals surface area contributed by atoms with E-state index in [2.05, 4.69) is 5.32 Å². The van der Waals surface area contributed by atoms with Crippen LogP contribution in [0.15, 0.2) is 71.6 Å². The molecule has 0 saturated carbocycles. The van der Waals surface area contributed by atoms with Crippen molar-refractivity contribution >= 4 is 39.1 Å². The fourth-order valence-electron chi connectivity index (χ4n) is 4.58. The van der Waals surface area contributed by atoms with Crippen LogP contribution in [0.25, 0.3) is 0 Å². The maximum atomic E-state index is 14.2. The number of amides is 2. The monoisotopic (exact) mass is 645 g/mol. The zero-order valence-corrected chi connectivity index (χ0v) is 27.3. The number of sulfonamides is 1. The zero-order valence-electron chi connectivity index (χ0n) is 25.7. The molecule has 12 heteroatoms. The van der Waals surface area contributed by atoms with E-state index in [4.69, 9.17) is 25.8 Å². The summed E-state index contributed by atoms with van der Waals surface area (Å²) < 4.78 is 45.6. The number of hydrogen-bond donors (Lipinski definition) is 1. The minimum absolute atomic E-state index is 0.0710. The van der Waals surface area contributed by atoms with E-state index in [-0.39, 0.29) is 28.8 Å². The molecule has 10 nitrogen and oxygen atoms in total. The molecule has 3 aromatic rings. The number of halogens is 1. The average Bonchev–Trinajstić information content (AvgIpc) is 3.03. The number of carbonyl (C=O) groups is 2. The van der Waals surface area contributed by atoms with Gasteiger partial charge in [0.2, 0.25) is 11.8 Å². The summed E-state index contributed by atoms with van der Waals surface area (Å²) in [5.41, 5.74) is 0.978. The molecule has 44 heavy (non-hydrogen) atoms. The molecule has 0 aromatic heterocycles. The van der Waals surface area contributed by atoms with Gasteiger partial charge in [-0.3, -0.25) is 13.9 Å². The van der Waals surface area contributed by atoms with Crippen LogP contribution in [0.2, 0.25) is 5.02 Å². The molecule has 0 heterocycles. The van der Waals surface area contributed by atoms with Crippen molar-refractivity contribution < 1.29 is 32.2 Å². The number of anilines is 1. The maximum Gasteiger partial charge on any atom is 0.264 e. The van der Waals surface area contributed by atoms with Crippen molar-refractivity contribution in [2.45, 2.75) is 51.1 Å². The van der Waals surface area contributed by atoms with Gasteiger partial charge in [0.1, 0.15) is 18.3 Å². The van der Waals surface area contributed by atoms with Crippen LogP contribution in [0, 0.1) is 0 Å². The van der Waals surface area contributed by atoms with E-state index in [0.717, 1.165) is 16.3 Å². The van der Waals surface area contributed by atoms with Crippen molar-refractivity contribution in [1.82, 2.24) is 10.2 Å². The van der Waals surface area contributed by atoms with Gasteiger partial charge in [-0.25, -0.2) is 8.42 Å². The number of hydrogen-bond acceptors (Lipinski definition) is 7. The van der Waals surface area contributed by atoms with Crippen molar-refractivity contribution in [3.05, 3.63) is 77.3 Å². The van der Waals surface area contributed by atoms with Crippen LogP contribution in [0.5, 0.6) is 17.2 Å². The van der Waals surface area contributed by atoms with Crippen LogP contribution >= 0.6 is 11.6 Å². The molecule has 0 fully saturated rings. The van der Waals surface area contributed by atoms with Crippen molar-refractivity contribution in [3.63, 3.8) is 0 Å². The van der Waals surface area contributed by atoms with Crippen LogP contribution in [-0.2, 0) is 26.2 Å². The van der Waals surface area contributed by atoms with E-state index in [1.165, 1.54) is 37.3 Å². The normalized spacial score (nSPS) is 11.8. The second kappa shape index (κ2) is 16.2. The lowest BCUT2D eigenvalue weighted by atomic mass is 10.1. The minimum atomic E-state index is -4.32. The van der Waals surface area contributed by atoms with Gasteiger partial charge < -0.3 is 24.4 Å². The zero-order chi connectivity index (χ0) is 32.3. The van der Waals surface area contributed by atoms with Gasteiger partial charge in [-0.1, -0.05) is 37.6 Å². The summed E-state index contributed by atoms with van der Waals surface area (Å²) in [5, 5.41) is 3.40. The van der Waals surface area contributed by atoms with Crippen molar-refractivity contribution in [3.8, 4) is 17.2 Å². The average molecular weight is 646 g/mol. The van der Waals surface area contributed by atoms with Gasteiger partial charge in [0.15, 0.2) is 11.5 Å². The molecule has 3 rings (SSSR count). The number of ether oxygens (including phenoxy) is 3. The van der Waals surface area contributed by atoms with Crippen LogP contribution in [0.4, 0.5) is 5.69 Å². The van der Waals surface area contributed by atoms with Crippen LogP contribution in [0.1, 0.15) is 39.2 Å². The van der Waals surface area contributed by atoms with E-state index in [0.29, 0.717) is 36.1 Å². The third kappa shape index (κ3) is 8.57. The predicted molar refractivity (Wildman–Crippen MR) is 171 cm³/mol. The summed E-state index contributed by atoms with van der Waals surface area (Å²) in [6, 6.07) is 16.7. The van der Waals surface area contributed by atoms with E-state index in [9.17, 15) is 18.0 Å². The molecule has 0 saturated heterocycles. The van der Waals surface area contributed by atoms with Gasteiger partial charge in [0.05, 0.1) is 31.4 Å². The van der Waals surface area contributed by atoms with Gasteiger partial charge >= 0.3 is 0 Å². The second-order valence-corrected chi connectivity index (χ2v) is 12.1. The SMILES string of the molecule is CCCNC(=O)[C@H](CC)N(Cc1ccc(Cl)cc1)C(=O)CN(c1ccc(OCC)cc1)S(=O)(=O)c1ccc(OC)c(OC)c1. The first-order valence-electron chi connectivity index (χ1n) is 14.4. The van der Waals surface area contributed by atoms with Crippen molar-refractivity contribution in [2.24, 2.45) is 0 Å². The summed E-state index contributed by atoms with van der Waals surface area (Å²) in [6.07, 6.45) is 1.04. The smallest absolute Gasteiger partial charge is 0.264 e. The Hall–Kier alpha value is -3.96. The number of rotatable bonds is 16. The third-order valence-corrected chi connectivity index (χ3v) is 8.88. The molecule has 0 aliphatic rings. The lowest BCUT2D eigenvalue weighted by Crippen LogP contribution is -2.52. The molecule has 0 aliphatic carbocycles. The van der Waals surface area contributed by atoms with Crippen molar-refractivity contribution in [2.75, 3.05) is 38.2 Å². The van der Waals surface area contributed by atoms with Gasteiger partial charge in [-0.2, -0.15) is 0 Å². The number of carbonyl (C=O) groups excluding carboxylic acids is 2. The second-order valence-electron chi connectivity index (χ2n) is 9.82. The molecule has 238 valence electrons. The van der Waals surface area contributed by atoms with Crippen molar-refractivity contribution in [1.29, 1.82) is 0 Å². The Morgan fingerprint density at radius 3 is 2.14 bits per heavy atom. The van der Waals surface area contributed by atoms with Crippen LogP contribution < -0.4 is 23.8 Å². The standard InChI is InChI=1S/C32H40ClN3O7S/c1-6-19-34-32(38)28(7-2)35(21-23-9-11-24(33)12-10-23)31(37)22-36(25-13-15-26(16-14-25)43-8-3)44(39,40)27-17-18-29(41-4)30(20-27)42-5/h9-18,20,28H,6-8,19,21-22H2,1-5H3,(H,34,38)/t28-/m0/s1. The molecule has 0 spiro atoms. The lowest BCUT2D eigenvalue weighted by Gasteiger charge is -2.33. The summed E-state index contributed by atoms with van der Waals surface area (Å²) >= 11 is 6.08. The molecule has 0 bridgehead atoms. The highest BCUT2D eigenvalue weighted by molar-refractivity contribution is 7.92. The highest BCUT2D eigenvalue weighted by atomic mass is 35.5. The summed E-state index contributed by atoms with van der Waals surface area (Å²) in [7, 11) is -1.46. The highest BCUT2D eigenvalue weighted by Crippen LogP contribution is 2.33. The van der Waals surface area contributed by atoms with E-state index in [1.807, 2.05) is 20.8 Å². The Morgan fingerprint density at radius 2 is 1.57 bits per heavy atom. The van der Waals surface area contributed by atoms with Gasteiger partial charge in [-0.15, -0.1) is 0 Å². The Balaban J connectivity index is 2.10. The topological polar surface area (TPSA) is 114 Å². The summed E-state index contributed by atoms with van der Waals surface area (Å²) in [4.78, 5) is 28.7. The van der Waals surface area contributed by atoms with Crippen LogP contribution in [0.3, 0.4) is 0 Å². The predicted octanol–water partition coefficient (Wildman–Crippen LogP) is 5.28. The Kier molecular flexibility index (Phi) is 12.7. The summed E-state index contributed by atoms with van der Waals surface area (Å²) in [5.74, 6) is 0.250. The highest BCUT2D eigenvalue weighted by Gasteiger charge is 2.34. The first-order chi connectivity index (χ1) is 21.1. The van der Waals surface area contributed by atoms with E-state index < -0.39 is 28.5 Å². The van der Waals surface area contributed by atoms with Gasteiger partial charge in [0, 0.05) is 24.2 Å². The fourth-order valence-corrected chi connectivity index (χ4v) is 6.14. The molecule has 3 aromatic carbocycles. The minimum Gasteiger partial charge on any atom is -0.494 e. The Morgan fingerprint density at radius 1 is 0.909 bits per heavy atom. The fraction of sp³-hybridized carbons (Fsp3) is 0.375. The molecular formula is C32H40ClN3O7S. The van der Waals surface area contributed by atoms with Gasteiger partial charge in [-0.05, 0) is 73.9 Å². The quantitative estimate of drug-likeness (QED) is 0.225. The molecule has 0 unspecified atom stereocenters. The molecule has 1 N–H and O–H groups in total. The molecular weight excluding hydrogens is 606 g/mol.